The van der Waals surface area contributed by atoms with E-state index in [2.05, 4.69) is 40.8 Å². The standard InChI is InChI=1S/C24H29ClN4O5S/c1-24(2,3)16-5-8-18(9-6-16)35(31,32)29-23-22(20(27-15-28-23)14-26-11-12-30)34-21-13-17(33-4)7-10-19(21)25/h5-10,13,15,26,30H,11-12,14H2,1-4H3,(H,27,28,29). The molecule has 0 amide bonds. The molecule has 188 valence electrons. The molecule has 3 rings (SSSR count). The van der Waals surface area contributed by atoms with Gasteiger partial charge in [0.05, 0.1) is 23.6 Å². The lowest BCUT2D eigenvalue weighted by Crippen LogP contribution is -2.20. The normalized spacial score (nSPS) is 11.8. The Bertz CT molecular complexity index is 1260. The lowest BCUT2D eigenvalue weighted by Gasteiger charge is -2.19. The number of anilines is 1. The van der Waals surface area contributed by atoms with E-state index in [-0.39, 0.29) is 45.8 Å². The van der Waals surface area contributed by atoms with Crippen molar-refractivity contribution in [1.82, 2.24) is 15.3 Å². The lowest BCUT2D eigenvalue weighted by atomic mass is 9.87. The predicted molar refractivity (Wildman–Crippen MR) is 135 cm³/mol. The fourth-order valence-electron chi connectivity index (χ4n) is 3.12. The number of ether oxygens (including phenoxy) is 2. The summed E-state index contributed by atoms with van der Waals surface area (Å²) in [5.74, 6) is 0.754. The third-order valence-electron chi connectivity index (χ3n) is 5.07. The molecule has 1 aromatic heterocycles. The van der Waals surface area contributed by atoms with Gasteiger partial charge in [0.2, 0.25) is 0 Å². The molecule has 0 unspecified atom stereocenters. The topological polar surface area (TPSA) is 123 Å². The number of sulfonamides is 1. The average molecular weight is 521 g/mol. The number of halogens is 1. The Morgan fingerprint density at radius 3 is 2.43 bits per heavy atom. The SMILES string of the molecule is COc1ccc(Cl)c(Oc2c(CNCCO)ncnc2NS(=O)(=O)c2ccc(C(C)(C)C)cc2)c1. The van der Waals surface area contributed by atoms with E-state index in [1.165, 1.54) is 13.4 Å². The summed E-state index contributed by atoms with van der Waals surface area (Å²) in [7, 11) is -2.49. The Labute approximate surface area is 210 Å². The van der Waals surface area contributed by atoms with E-state index in [1.807, 2.05) is 0 Å². The largest absolute Gasteiger partial charge is 0.497 e. The summed E-state index contributed by atoms with van der Waals surface area (Å²) < 4.78 is 40.1. The minimum atomic E-state index is -3.99. The van der Waals surface area contributed by atoms with E-state index < -0.39 is 10.0 Å². The Hall–Kier alpha value is -2.92. The Balaban J connectivity index is 2.00. The van der Waals surface area contributed by atoms with Crippen molar-refractivity contribution in [1.29, 1.82) is 0 Å². The van der Waals surface area contributed by atoms with Gasteiger partial charge in [-0.15, -0.1) is 0 Å². The molecule has 3 N–H and O–H groups in total. The van der Waals surface area contributed by atoms with Crippen molar-refractivity contribution in [2.75, 3.05) is 25.0 Å². The molecule has 35 heavy (non-hydrogen) atoms. The Morgan fingerprint density at radius 2 is 1.80 bits per heavy atom. The highest BCUT2D eigenvalue weighted by molar-refractivity contribution is 7.92. The number of aliphatic hydroxyl groups excluding tert-OH is 1. The van der Waals surface area contributed by atoms with Gasteiger partial charge >= 0.3 is 0 Å². The molecule has 0 saturated carbocycles. The number of nitrogens with one attached hydrogen (secondary N) is 2. The molecule has 0 radical (unpaired) electrons. The Morgan fingerprint density at radius 1 is 1.09 bits per heavy atom. The van der Waals surface area contributed by atoms with Gasteiger partial charge in [0, 0.05) is 19.2 Å². The van der Waals surface area contributed by atoms with Crippen LogP contribution in [0.1, 0.15) is 32.0 Å². The van der Waals surface area contributed by atoms with Crippen LogP contribution in [0, 0.1) is 0 Å². The lowest BCUT2D eigenvalue weighted by molar-refractivity contribution is 0.291. The zero-order valence-corrected chi connectivity index (χ0v) is 21.6. The van der Waals surface area contributed by atoms with Crippen molar-refractivity contribution in [2.45, 2.75) is 37.6 Å². The maximum absolute atomic E-state index is 13.2. The second-order valence-electron chi connectivity index (χ2n) is 8.68. The summed E-state index contributed by atoms with van der Waals surface area (Å²) in [4.78, 5) is 8.44. The van der Waals surface area contributed by atoms with Gasteiger partial charge in [0.15, 0.2) is 11.6 Å². The highest BCUT2D eigenvalue weighted by Gasteiger charge is 2.23. The molecule has 0 bridgehead atoms. The molecule has 0 spiro atoms. The van der Waals surface area contributed by atoms with Crippen LogP contribution in [-0.2, 0) is 22.0 Å². The monoisotopic (exact) mass is 520 g/mol. The van der Waals surface area contributed by atoms with Crippen molar-refractivity contribution in [3.05, 3.63) is 65.1 Å². The molecule has 0 saturated heterocycles. The summed E-state index contributed by atoms with van der Waals surface area (Å²) in [5, 5.41) is 12.4. The van der Waals surface area contributed by atoms with E-state index in [0.717, 1.165) is 5.56 Å². The quantitative estimate of drug-likeness (QED) is 0.341. The average Bonchev–Trinajstić information content (AvgIpc) is 2.81. The first-order valence-electron chi connectivity index (χ1n) is 10.9. The van der Waals surface area contributed by atoms with E-state index in [0.29, 0.717) is 18.0 Å². The van der Waals surface area contributed by atoms with Crippen molar-refractivity contribution >= 4 is 27.4 Å². The van der Waals surface area contributed by atoms with Crippen molar-refractivity contribution in [3.63, 3.8) is 0 Å². The number of hydrogen-bond acceptors (Lipinski definition) is 8. The second-order valence-corrected chi connectivity index (χ2v) is 10.8. The molecular weight excluding hydrogens is 492 g/mol. The fraction of sp³-hybridized carbons (Fsp3) is 0.333. The van der Waals surface area contributed by atoms with Gasteiger partial charge in [-0.2, -0.15) is 0 Å². The summed E-state index contributed by atoms with van der Waals surface area (Å²) in [5.41, 5.74) is 1.26. The molecule has 0 aliphatic heterocycles. The smallest absolute Gasteiger partial charge is 0.263 e. The van der Waals surface area contributed by atoms with Crippen LogP contribution in [0.15, 0.2) is 53.7 Å². The van der Waals surface area contributed by atoms with Crippen LogP contribution >= 0.6 is 11.6 Å². The van der Waals surface area contributed by atoms with E-state index in [4.69, 9.17) is 26.2 Å². The van der Waals surface area contributed by atoms with Gasteiger partial charge in [-0.05, 0) is 35.2 Å². The number of hydrogen-bond donors (Lipinski definition) is 3. The van der Waals surface area contributed by atoms with Crippen LogP contribution in [0.5, 0.6) is 17.2 Å². The molecule has 0 atom stereocenters. The van der Waals surface area contributed by atoms with Gasteiger partial charge in [-0.1, -0.05) is 44.5 Å². The van der Waals surface area contributed by atoms with E-state index in [9.17, 15) is 8.42 Å². The zero-order valence-electron chi connectivity index (χ0n) is 20.0. The highest BCUT2D eigenvalue weighted by Crippen LogP contribution is 2.37. The van der Waals surface area contributed by atoms with Gasteiger partial charge in [0.25, 0.3) is 10.0 Å². The highest BCUT2D eigenvalue weighted by atomic mass is 35.5. The minimum absolute atomic E-state index is 0.0559. The van der Waals surface area contributed by atoms with Gasteiger partial charge in [0.1, 0.15) is 23.5 Å². The third-order valence-corrected chi connectivity index (χ3v) is 6.74. The van der Waals surface area contributed by atoms with Crippen LogP contribution in [0.2, 0.25) is 5.02 Å². The van der Waals surface area contributed by atoms with Gasteiger partial charge < -0.3 is 19.9 Å². The van der Waals surface area contributed by atoms with Crippen LogP contribution in [0.3, 0.4) is 0 Å². The summed E-state index contributed by atoms with van der Waals surface area (Å²) >= 11 is 6.31. The van der Waals surface area contributed by atoms with E-state index in [1.54, 1.807) is 42.5 Å². The number of aromatic nitrogens is 2. The molecule has 1 heterocycles. The van der Waals surface area contributed by atoms with Gasteiger partial charge in [-0.3, -0.25) is 4.72 Å². The van der Waals surface area contributed by atoms with Crippen molar-refractivity contribution in [2.24, 2.45) is 0 Å². The Kier molecular flexibility index (Phi) is 8.55. The first-order chi connectivity index (χ1) is 16.5. The second kappa shape index (κ2) is 11.2. The molecule has 0 fully saturated rings. The van der Waals surface area contributed by atoms with Crippen LogP contribution in [0.25, 0.3) is 0 Å². The summed E-state index contributed by atoms with van der Waals surface area (Å²) in [6.07, 6.45) is 1.23. The van der Waals surface area contributed by atoms with Crippen molar-refractivity contribution < 1.29 is 23.0 Å². The maximum atomic E-state index is 13.2. The molecule has 2 aromatic carbocycles. The number of rotatable bonds is 10. The first-order valence-corrected chi connectivity index (χ1v) is 12.7. The molecular formula is C24H29ClN4O5S. The zero-order chi connectivity index (χ0) is 25.6. The fourth-order valence-corrected chi connectivity index (χ4v) is 4.29. The van der Waals surface area contributed by atoms with Crippen LogP contribution in [-0.4, -0.2) is 43.8 Å². The van der Waals surface area contributed by atoms with Gasteiger partial charge in [-0.25, -0.2) is 18.4 Å². The molecule has 0 aliphatic carbocycles. The predicted octanol–water partition coefficient (Wildman–Crippen LogP) is 4.11. The minimum Gasteiger partial charge on any atom is -0.497 e. The van der Waals surface area contributed by atoms with Crippen molar-refractivity contribution in [3.8, 4) is 17.2 Å². The number of aliphatic hydroxyl groups is 1. The molecule has 9 nitrogen and oxygen atoms in total. The van der Waals surface area contributed by atoms with E-state index >= 15 is 0 Å². The molecule has 3 aromatic rings. The maximum Gasteiger partial charge on any atom is 0.263 e. The number of methoxy groups -OCH3 is 1. The number of nitrogens with zero attached hydrogens (tertiary/aromatic N) is 2. The first kappa shape index (κ1) is 26.7. The molecule has 11 heteroatoms. The van der Waals surface area contributed by atoms with Crippen LogP contribution in [0.4, 0.5) is 5.82 Å². The molecule has 0 aliphatic rings. The van der Waals surface area contributed by atoms with Crippen LogP contribution < -0.4 is 19.5 Å². The summed E-state index contributed by atoms with van der Waals surface area (Å²) in [6, 6.07) is 11.5. The summed E-state index contributed by atoms with van der Waals surface area (Å²) in [6.45, 7) is 6.58. The number of benzene rings is 2. The third kappa shape index (κ3) is 6.82.